The Morgan fingerprint density at radius 1 is 1.59 bits per heavy atom. The number of likely N-dealkylation sites (N-methyl/N-ethyl adjacent to an activating group) is 1. The maximum absolute atomic E-state index is 3.53. The third-order valence-electron chi connectivity index (χ3n) is 3.18. The van der Waals surface area contributed by atoms with Crippen LogP contribution < -0.4 is 5.32 Å². The summed E-state index contributed by atoms with van der Waals surface area (Å²) in [5.74, 6) is 0. The Kier molecular flexibility index (Phi) is 6.45. The van der Waals surface area contributed by atoms with Gasteiger partial charge in [0.05, 0.1) is 0 Å². The van der Waals surface area contributed by atoms with Crippen LogP contribution in [0.1, 0.15) is 24.6 Å². The third kappa shape index (κ3) is 4.87. The second-order valence-corrected chi connectivity index (χ2v) is 6.52. The van der Waals surface area contributed by atoms with Crippen LogP contribution in [-0.2, 0) is 6.54 Å². The second kappa shape index (κ2) is 7.10. The summed E-state index contributed by atoms with van der Waals surface area (Å²) in [6, 6.07) is 3.68. The van der Waals surface area contributed by atoms with Gasteiger partial charge in [0.1, 0.15) is 0 Å². The molecule has 5 heteroatoms. The number of thiophene rings is 1. The Bertz CT molecular complexity index is 341. The van der Waals surface area contributed by atoms with Crippen molar-refractivity contribution < 1.29 is 0 Å². The van der Waals surface area contributed by atoms with Crippen molar-refractivity contribution in [3.05, 3.63) is 20.8 Å². The zero-order chi connectivity index (χ0) is 11.5. The summed E-state index contributed by atoms with van der Waals surface area (Å²) in [7, 11) is 2.24. The molecule has 0 amide bonds. The first-order chi connectivity index (χ1) is 7.66. The largest absolute Gasteiger partial charge is 0.310 e. The molecule has 0 aliphatic heterocycles. The smallest absolute Gasteiger partial charge is 0.0300 e. The van der Waals surface area contributed by atoms with Crippen LogP contribution in [0.2, 0.25) is 0 Å². The van der Waals surface area contributed by atoms with Crippen LogP contribution in [0, 0.1) is 0 Å². The van der Waals surface area contributed by atoms with Gasteiger partial charge in [0.2, 0.25) is 0 Å². The van der Waals surface area contributed by atoms with Crippen LogP contribution in [0.3, 0.4) is 0 Å². The normalized spacial score (nSPS) is 16.9. The Morgan fingerprint density at radius 3 is 2.82 bits per heavy atom. The van der Waals surface area contributed by atoms with Gasteiger partial charge < -0.3 is 5.32 Å². The van der Waals surface area contributed by atoms with Gasteiger partial charge in [-0.25, -0.2) is 0 Å². The predicted octanol–water partition coefficient (Wildman–Crippen LogP) is 3.50. The molecule has 1 atom stereocenters. The van der Waals surface area contributed by atoms with Crippen molar-refractivity contribution >= 4 is 39.7 Å². The predicted molar refractivity (Wildman–Crippen MR) is 81.2 cm³/mol. The number of halogens is 2. The molecule has 0 saturated heterocycles. The summed E-state index contributed by atoms with van der Waals surface area (Å²) in [6.07, 6.45) is 2.78. The molecule has 0 bridgehead atoms. The maximum Gasteiger partial charge on any atom is 0.0300 e. The van der Waals surface area contributed by atoms with Crippen molar-refractivity contribution in [3.63, 3.8) is 0 Å². The molecule has 1 fully saturated rings. The molecule has 0 aromatic carbocycles. The van der Waals surface area contributed by atoms with E-state index >= 15 is 0 Å². The molecular formula is C12H20BrClN2S. The van der Waals surface area contributed by atoms with Crippen molar-refractivity contribution in [3.8, 4) is 0 Å². The van der Waals surface area contributed by atoms with Crippen molar-refractivity contribution in [1.82, 2.24) is 10.2 Å². The number of nitrogens with one attached hydrogen (secondary N) is 1. The van der Waals surface area contributed by atoms with E-state index in [2.05, 4.69) is 51.6 Å². The van der Waals surface area contributed by atoms with Gasteiger partial charge in [-0.1, -0.05) is 0 Å². The van der Waals surface area contributed by atoms with E-state index in [1.807, 2.05) is 0 Å². The molecule has 1 aliphatic rings. The highest BCUT2D eigenvalue weighted by atomic mass is 79.9. The quantitative estimate of drug-likeness (QED) is 0.853. The van der Waals surface area contributed by atoms with Crippen molar-refractivity contribution in [2.75, 3.05) is 13.6 Å². The monoisotopic (exact) mass is 338 g/mol. The molecule has 1 aromatic heterocycles. The van der Waals surface area contributed by atoms with Gasteiger partial charge in [0.15, 0.2) is 0 Å². The number of hydrogen-bond donors (Lipinski definition) is 1. The number of nitrogens with zero attached hydrogens (tertiary/aromatic N) is 1. The molecule has 98 valence electrons. The van der Waals surface area contributed by atoms with E-state index in [9.17, 15) is 0 Å². The first-order valence-corrected chi connectivity index (χ1v) is 7.49. The van der Waals surface area contributed by atoms with E-state index in [4.69, 9.17) is 0 Å². The minimum atomic E-state index is 0. The van der Waals surface area contributed by atoms with Crippen LogP contribution in [-0.4, -0.2) is 30.6 Å². The zero-order valence-corrected chi connectivity index (χ0v) is 13.5. The lowest BCUT2D eigenvalue weighted by molar-refractivity contribution is 0.241. The lowest BCUT2D eigenvalue weighted by atomic mass is 10.3. The molecule has 2 rings (SSSR count). The van der Waals surface area contributed by atoms with Gasteiger partial charge in [-0.05, 0) is 48.8 Å². The number of rotatable bonds is 6. The fourth-order valence-corrected chi connectivity index (χ4v) is 3.26. The van der Waals surface area contributed by atoms with Gasteiger partial charge in [0, 0.05) is 39.9 Å². The van der Waals surface area contributed by atoms with Crippen LogP contribution >= 0.6 is 39.7 Å². The molecule has 1 heterocycles. The van der Waals surface area contributed by atoms with Crippen LogP contribution in [0.4, 0.5) is 0 Å². The molecule has 17 heavy (non-hydrogen) atoms. The summed E-state index contributed by atoms with van der Waals surface area (Å²) in [6.45, 7) is 4.36. The molecule has 0 spiro atoms. The van der Waals surface area contributed by atoms with Crippen LogP contribution in [0.25, 0.3) is 0 Å². The minimum Gasteiger partial charge on any atom is -0.310 e. The van der Waals surface area contributed by atoms with E-state index in [1.165, 1.54) is 22.2 Å². The topological polar surface area (TPSA) is 15.3 Å². The number of hydrogen-bond acceptors (Lipinski definition) is 3. The highest BCUT2D eigenvalue weighted by Crippen LogP contribution is 2.26. The molecular weight excluding hydrogens is 320 g/mol. The fraction of sp³-hybridized carbons (Fsp3) is 0.667. The Morgan fingerprint density at radius 2 is 2.29 bits per heavy atom. The Labute approximate surface area is 122 Å². The van der Waals surface area contributed by atoms with Gasteiger partial charge in [-0.2, -0.15) is 0 Å². The van der Waals surface area contributed by atoms with Gasteiger partial charge >= 0.3 is 0 Å². The van der Waals surface area contributed by atoms with E-state index in [-0.39, 0.29) is 12.4 Å². The van der Waals surface area contributed by atoms with Gasteiger partial charge in [-0.3, -0.25) is 4.90 Å². The summed E-state index contributed by atoms with van der Waals surface area (Å²) in [5.41, 5.74) is 0. The highest BCUT2D eigenvalue weighted by molar-refractivity contribution is 9.10. The van der Waals surface area contributed by atoms with E-state index < -0.39 is 0 Å². The van der Waals surface area contributed by atoms with Crippen molar-refractivity contribution in [1.29, 1.82) is 0 Å². The summed E-state index contributed by atoms with van der Waals surface area (Å²) < 4.78 is 1.19. The zero-order valence-electron chi connectivity index (χ0n) is 10.3. The molecule has 1 aliphatic carbocycles. The highest BCUT2D eigenvalue weighted by Gasteiger charge is 2.28. The lowest BCUT2D eigenvalue weighted by Crippen LogP contribution is -2.38. The minimum absolute atomic E-state index is 0. The van der Waals surface area contributed by atoms with Crippen LogP contribution in [0.5, 0.6) is 0 Å². The molecule has 0 radical (unpaired) electrons. The third-order valence-corrected chi connectivity index (χ3v) is 4.88. The maximum atomic E-state index is 3.53. The van der Waals surface area contributed by atoms with Crippen molar-refractivity contribution in [2.45, 2.75) is 38.4 Å². The average Bonchev–Trinajstić information content (AvgIpc) is 3.02. The fourth-order valence-electron chi connectivity index (χ4n) is 1.84. The van der Waals surface area contributed by atoms with Gasteiger partial charge in [0.25, 0.3) is 0 Å². The lowest BCUT2D eigenvalue weighted by Gasteiger charge is -2.24. The average molecular weight is 340 g/mol. The second-order valence-electron chi connectivity index (χ2n) is 4.61. The van der Waals surface area contributed by atoms with Gasteiger partial charge in [-0.15, -0.1) is 23.7 Å². The van der Waals surface area contributed by atoms with Crippen molar-refractivity contribution in [2.24, 2.45) is 0 Å². The van der Waals surface area contributed by atoms with E-state index in [0.717, 1.165) is 19.1 Å². The Balaban J connectivity index is 0.00000144. The summed E-state index contributed by atoms with van der Waals surface area (Å²) >= 11 is 5.28. The molecule has 1 unspecified atom stereocenters. The Hall–Kier alpha value is 0.390. The van der Waals surface area contributed by atoms with E-state index in [0.29, 0.717) is 6.04 Å². The first-order valence-electron chi connectivity index (χ1n) is 5.82. The first kappa shape index (κ1) is 15.4. The summed E-state index contributed by atoms with van der Waals surface area (Å²) in [4.78, 5) is 3.89. The standard InChI is InChI=1S/C12H19BrN2S.ClH/c1-9(15(2)11-3-4-11)6-14-7-12-5-10(13)8-16-12;/h5,8-9,11,14H,3-4,6-7H2,1-2H3;1H. The summed E-state index contributed by atoms with van der Waals surface area (Å²) in [5, 5.41) is 5.66. The molecule has 2 nitrogen and oxygen atoms in total. The van der Waals surface area contributed by atoms with Crippen LogP contribution in [0.15, 0.2) is 15.9 Å². The molecule has 1 N–H and O–H groups in total. The molecule has 1 aromatic rings. The molecule has 1 saturated carbocycles. The SMILES string of the molecule is CC(CNCc1cc(Br)cs1)N(C)C1CC1.Cl. The van der Waals surface area contributed by atoms with E-state index in [1.54, 1.807) is 11.3 Å².